The summed E-state index contributed by atoms with van der Waals surface area (Å²) in [5.41, 5.74) is 7.44. The van der Waals surface area contributed by atoms with Crippen LogP contribution in [-0.2, 0) is 34.9 Å². The van der Waals surface area contributed by atoms with Crippen LogP contribution in [0.15, 0.2) is 79.3 Å². The summed E-state index contributed by atoms with van der Waals surface area (Å²) in [4.78, 5) is 35.8. The molecule has 0 spiro atoms. The molecule has 4 N–H and O–H groups in total. The summed E-state index contributed by atoms with van der Waals surface area (Å²) >= 11 is 0. The molecule has 0 saturated heterocycles. The van der Waals surface area contributed by atoms with E-state index in [2.05, 4.69) is 44.4 Å². The van der Waals surface area contributed by atoms with Gasteiger partial charge in [0, 0.05) is 6.20 Å². The van der Waals surface area contributed by atoms with Crippen molar-refractivity contribution in [2.75, 3.05) is 12.1 Å². The number of nitrogens with two attached hydrogens (primary N) is 1. The third-order valence-electron chi connectivity index (χ3n) is 9.75. The Morgan fingerprint density at radius 3 is 1.82 bits per heavy atom. The van der Waals surface area contributed by atoms with Gasteiger partial charge in [-0.15, -0.1) is 0 Å². The van der Waals surface area contributed by atoms with E-state index in [1.54, 1.807) is 46.3 Å². The number of esters is 2. The highest BCUT2D eigenvalue weighted by Crippen LogP contribution is 2.45. The number of ether oxygens (including phenoxy) is 3. The zero-order valence-electron chi connectivity index (χ0n) is 30.0. The van der Waals surface area contributed by atoms with Crippen molar-refractivity contribution in [1.29, 1.82) is 0 Å². The van der Waals surface area contributed by atoms with Crippen molar-refractivity contribution < 1.29 is 28.4 Å². The van der Waals surface area contributed by atoms with Crippen molar-refractivity contribution in [2.24, 2.45) is 0 Å². The highest BCUT2D eigenvalue weighted by atomic mass is 31.2. The van der Waals surface area contributed by atoms with Crippen LogP contribution in [0.2, 0.25) is 0 Å². The lowest BCUT2D eigenvalue weighted by Crippen LogP contribution is -2.55. The van der Waals surface area contributed by atoms with Crippen molar-refractivity contribution in [1.82, 2.24) is 24.7 Å². The van der Waals surface area contributed by atoms with Crippen LogP contribution in [0.5, 0.6) is 0 Å². The average Bonchev–Trinajstić information content (AvgIpc) is 3.46. The molecule has 272 valence electrons. The normalized spacial score (nSPS) is 22.3. The molecule has 0 radical (unpaired) electrons. The molecule has 2 saturated carbocycles. The van der Waals surface area contributed by atoms with E-state index in [9.17, 15) is 14.2 Å². The molecule has 0 unspecified atom stereocenters. The zero-order chi connectivity index (χ0) is 36.4. The lowest BCUT2D eigenvalue weighted by atomic mass is 9.77. The van der Waals surface area contributed by atoms with Gasteiger partial charge in [-0.05, 0) is 89.3 Å². The van der Waals surface area contributed by atoms with Gasteiger partial charge >= 0.3 is 11.9 Å². The standard InChI is InChI=1S/C38H49N6O6P/c1-25(22-44-23-41-33-32(39)16-17-40-34(33)44)48-24-51(47,42-37(2,3)35(45)49-30-18-28(19-30)26-12-8-6-9-13-26)43-38(4,5)36(46)50-31-20-29(21-31)27-14-10-7-11-15-27/h6-17,23,25,28-31H,18-22,24H2,1-5H3,(H2,39,40)(H2,42,43,47)/t25-,28?,29?,30?,31?,51?/m1/s1. The first-order valence-electron chi connectivity index (χ1n) is 17.6. The summed E-state index contributed by atoms with van der Waals surface area (Å²) in [5.74, 6) is -0.422. The molecule has 2 fully saturated rings. The predicted molar refractivity (Wildman–Crippen MR) is 196 cm³/mol. The van der Waals surface area contributed by atoms with Crippen LogP contribution < -0.4 is 15.9 Å². The Kier molecular flexibility index (Phi) is 10.7. The quantitative estimate of drug-likeness (QED) is 0.0938. The van der Waals surface area contributed by atoms with Gasteiger partial charge in [0.15, 0.2) is 5.65 Å². The number of nitrogens with one attached hydrogen (secondary N) is 2. The van der Waals surface area contributed by atoms with Gasteiger partial charge in [-0.25, -0.2) is 20.1 Å². The average molecular weight is 717 g/mol. The van der Waals surface area contributed by atoms with Crippen LogP contribution in [0.3, 0.4) is 0 Å². The molecule has 2 aromatic carbocycles. The molecule has 13 heteroatoms. The Balaban J connectivity index is 1.11. The van der Waals surface area contributed by atoms with Gasteiger partial charge in [0.1, 0.15) is 35.2 Å². The number of aromatic nitrogens is 3. The van der Waals surface area contributed by atoms with E-state index >= 15 is 0 Å². The fourth-order valence-corrected chi connectivity index (χ4v) is 9.32. The maximum absolute atomic E-state index is 14.8. The molecule has 6 rings (SSSR count). The number of imidazole rings is 1. The molecule has 4 aromatic rings. The highest BCUT2D eigenvalue weighted by molar-refractivity contribution is 7.59. The second-order valence-electron chi connectivity index (χ2n) is 15.0. The van der Waals surface area contributed by atoms with E-state index in [0.717, 1.165) is 25.7 Å². The van der Waals surface area contributed by atoms with E-state index in [-0.39, 0.29) is 18.6 Å². The maximum Gasteiger partial charge on any atom is 0.326 e. The number of anilines is 1. The van der Waals surface area contributed by atoms with Crippen LogP contribution in [-0.4, -0.2) is 62.2 Å². The number of hydrogen-bond donors (Lipinski definition) is 3. The second-order valence-corrected chi connectivity index (χ2v) is 17.2. The minimum atomic E-state index is -3.84. The maximum atomic E-state index is 14.8. The van der Waals surface area contributed by atoms with Crippen molar-refractivity contribution in [3.05, 3.63) is 90.4 Å². The summed E-state index contributed by atoms with van der Waals surface area (Å²) in [6.07, 6.45) is 4.85. The molecular weight excluding hydrogens is 667 g/mol. The number of hydrogen-bond acceptors (Lipinski definition) is 9. The lowest BCUT2D eigenvalue weighted by molar-refractivity contribution is -0.160. The highest BCUT2D eigenvalue weighted by Gasteiger charge is 2.46. The van der Waals surface area contributed by atoms with Gasteiger partial charge in [-0.1, -0.05) is 60.7 Å². The van der Waals surface area contributed by atoms with Crippen LogP contribution in [0.25, 0.3) is 11.2 Å². The van der Waals surface area contributed by atoms with Gasteiger partial charge in [0.2, 0.25) is 7.44 Å². The second kappa shape index (κ2) is 14.9. The molecule has 0 aliphatic heterocycles. The Morgan fingerprint density at radius 2 is 1.33 bits per heavy atom. The SMILES string of the molecule is C[C@H](Cn1cnc2c(N)ccnc21)OCP(=O)(NC(C)(C)C(=O)OC1CC(c2ccccc2)C1)NC(C)(C)C(=O)OC1CC(c2ccccc2)C1. The van der Waals surface area contributed by atoms with Gasteiger partial charge in [-0.3, -0.25) is 14.2 Å². The molecule has 2 aliphatic rings. The van der Waals surface area contributed by atoms with Crippen LogP contribution >= 0.6 is 7.44 Å². The largest absolute Gasteiger partial charge is 0.461 e. The third-order valence-corrected chi connectivity index (χ3v) is 12.1. The van der Waals surface area contributed by atoms with Crippen molar-refractivity contribution in [2.45, 2.75) is 108 Å². The smallest absolute Gasteiger partial charge is 0.326 e. The molecule has 2 heterocycles. The third kappa shape index (κ3) is 8.69. The number of nitrogen functional groups attached to an aromatic ring is 1. The van der Waals surface area contributed by atoms with Gasteiger partial charge < -0.3 is 24.5 Å². The van der Waals surface area contributed by atoms with Crippen LogP contribution in [0, 0.1) is 0 Å². The molecule has 0 amide bonds. The molecule has 0 bridgehead atoms. The molecular formula is C38H49N6O6P. The van der Waals surface area contributed by atoms with E-state index < -0.39 is 36.6 Å². The Labute approximate surface area is 299 Å². The summed E-state index contributed by atoms with van der Waals surface area (Å²) in [5, 5.41) is 6.05. The molecule has 2 aliphatic carbocycles. The number of benzene rings is 2. The summed E-state index contributed by atoms with van der Waals surface area (Å²) in [7, 11) is -3.84. The molecule has 1 atom stereocenters. The number of carbonyl (C=O) groups excluding carboxylic acids is 2. The van der Waals surface area contributed by atoms with E-state index in [1.165, 1.54) is 11.1 Å². The Morgan fingerprint density at radius 1 is 0.843 bits per heavy atom. The predicted octanol–water partition coefficient (Wildman–Crippen LogP) is 6.28. The first-order valence-corrected chi connectivity index (χ1v) is 19.5. The van der Waals surface area contributed by atoms with Crippen molar-refractivity contribution in [3.63, 3.8) is 0 Å². The fourth-order valence-electron chi connectivity index (χ4n) is 6.68. The van der Waals surface area contributed by atoms with Crippen molar-refractivity contribution >= 4 is 36.2 Å². The first kappa shape index (κ1) is 36.7. The zero-order valence-corrected chi connectivity index (χ0v) is 30.8. The molecule has 12 nitrogen and oxygen atoms in total. The minimum Gasteiger partial charge on any atom is -0.461 e. The van der Waals surface area contributed by atoms with Crippen LogP contribution in [0.1, 0.15) is 83.3 Å². The number of pyridine rings is 1. The van der Waals surface area contributed by atoms with E-state index in [0.29, 0.717) is 35.2 Å². The summed E-state index contributed by atoms with van der Waals surface area (Å²) < 4.78 is 34.6. The Hall–Kier alpha value is -4.09. The lowest BCUT2D eigenvalue weighted by Gasteiger charge is -2.40. The number of nitrogens with zero attached hydrogens (tertiary/aromatic N) is 3. The number of carbonyl (C=O) groups is 2. The van der Waals surface area contributed by atoms with Crippen LogP contribution in [0.4, 0.5) is 5.69 Å². The first-order chi connectivity index (χ1) is 24.2. The summed E-state index contributed by atoms with van der Waals surface area (Å²) in [6, 6.07) is 22.0. The molecule has 2 aromatic heterocycles. The minimum absolute atomic E-state index is 0.242. The fraction of sp³-hybridized carbons (Fsp3) is 0.474. The number of rotatable bonds is 15. The van der Waals surface area contributed by atoms with Gasteiger partial charge in [0.25, 0.3) is 0 Å². The van der Waals surface area contributed by atoms with Crippen molar-refractivity contribution in [3.8, 4) is 0 Å². The van der Waals surface area contributed by atoms with E-state index in [4.69, 9.17) is 19.9 Å². The van der Waals surface area contributed by atoms with Gasteiger partial charge in [0.05, 0.1) is 24.7 Å². The number of fused-ring (bicyclic) bond motifs is 1. The summed E-state index contributed by atoms with van der Waals surface area (Å²) in [6.45, 7) is 8.67. The topological polar surface area (TPSA) is 160 Å². The molecule has 51 heavy (non-hydrogen) atoms. The monoisotopic (exact) mass is 716 g/mol. The van der Waals surface area contributed by atoms with Gasteiger partial charge in [-0.2, -0.15) is 0 Å². The Bertz CT molecular complexity index is 1780. The van der Waals surface area contributed by atoms with E-state index in [1.807, 2.05) is 47.9 Å².